The fourth-order valence-corrected chi connectivity index (χ4v) is 3.70. The van der Waals surface area contributed by atoms with Gasteiger partial charge in [-0.25, -0.2) is 4.98 Å². The molecule has 29 heavy (non-hydrogen) atoms. The Morgan fingerprint density at radius 2 is 2.28 bits per heavy atom. The quantitative estimate of drug-likeness (QED) is 0.777. The SMILES string of the molecule is CC1(C)Cc2cccc(OCC(=O)N3CCC(Oc4cc(C#N)ccn4)C3)c2O1. The third-order valence-corrected chi connectivity index (χ3v) is 5.06. The summed E-state index contributed by atoms with van der Waals surface area (Å²) in [6.45, 7) is 5.09. The topological polar surface area (TPSA) is 84.7 Å². The van der Waals surface area contributed by atoms with Crippen molar-refractivity contribution < 1.29 is 19.0 Å². The van der Waals surface area contributed by atoms with Crippen molar-refractivity contribution in [3.63, 3.8) is 0 Å². The first kappa shape index (κ1) is 19.1. The van der Waals surface area contributed by atoms with Crippen molar-refractivity contribution in [1.29, 1.82) is 5.26 Å². The van der Waals surface area contributed by atoms with Gasteiger partial charge < -0.3 is 19.1 Å². The maximum absolute atomic E-state index is 12.6. The summed E-state index contributed by atoms with van der Waals surface area (Å²) < 4.78 is 17.6. The zero-order valence-electron chi connectivity index (χ0n) is 16.6. The van der Waals surface area contributed by atoms with Gasteiger partial charge in [-0.15, -0.1) is 0 Å². The van der Waals surface area contributed by atoms with E-state index in [2.05, 4.69) is 11.1 Å². The Kier molecular flexibility index (Phi) is 5.01. The van der Waals surface area contributed by atoms with Crippen LogP contribution < -0.4 is 14.2 Å². The van der Waals surface area contributed by atoms with Gasteiger partial charge in [-0.3, -0.25) is 4.79 Å². The van der Waals surface area contributed by atoms with Crippen LogP contribution in [-0.2, 0) is 11.2 Å². The maximum atomic E-state index is 12.6. The maximum Gasteiger partial charge on any atom is 0.260 e. The lowest BCUT2D eigenvalue weighted by molar-refractivity contribution is -0.132. The average molecular weight is 393 g/mol. The van der Waals surface area contributed by atoms with Gasteiger partial charge in [0, 0.05) is 37.2 Å². The number of carbonyl (C=O) groups excluding carboxylic acids is 1. The first-order valence-electron chi connectivity index (χ1n) is 9.68. The normalized spacial score (nSPS) is 19.2. The average Bonchev–Trinajstić information content (AvgIpc) is 3.29. The molecule has 1 atom stereocenters. The molecule has 1 saturated heterocycles. The van der Waals surface area contributed by atoms with Crippen molar-refractivity contribution in [3.05, 3.63) is 47.7 Å². The molecule has 1 aromatic carbocycles. The van der Waals surface area contributed by atoms with E-state index in [1.165, 1.54) is 0 Å². The number of fused-ring (bicyclic) bond motifs is 1. The number of amides is 1. The summed E-state index contributed by atoms with van der Waals surface area (Å²) in [4.78, 5) is 18.4. The first-order valence-corrected chi connectivity index (χ1v) is 9.68. The number of nitriles is 1. The predicted octanol–water partition coefficient (Wildman–Crippen LogP) is 2.73. The van der Waals surface area contributed by atoms with Crippen LogP contribution in [0.25, 0.3) is 0 Å². The summed E-state index contributed by atoms with van der Waals surface area (Å²) >= 11 is 0. The molecule has 1 fully saturated rings. The van der Waals surface area contributed by atoms with Gasteiger partial charge in [-0.2, -0.15) is 5.26 Å². The molecular formula is C22H23N3O4. The number of aromatic nitrogens is 1. The third-order valence-electron chi connectivity index (χ3n) is 5.06. The molecule has 0 N–H and O–H groups in total. The highest BCUT2D eigenvalue weighted by molar-refractivity contribution is 5.78. The Morgan fingerprint density at radius 3 is 3.10 bits per heavy atom. The molecule has 0 aliphatic carbocycles. The van der Waals surface area contributed by atoms with Crippen LogP contribution in [-0.4, -0.2) is 47.2 Å². The molecule has 1 amide bonds. The van der Waals surface area contributed by atoms with Gasteiger partial charge in [0.05, 0.1) is 18.2 Å². The monoisotopic (exact) mass is 393 g/mol. The number of benzene rings is 1. The van der Waals surface area contributed by atoms with E-state index in [0.29, 0.717) is 36.7 Å². The Bertz CT molecular complexity index is 967. The van der Waals surface area contributed by atoms with E-state index in [-0.39, 0.29) is 24.2 Å². The van der Waals surface area contributed by atoms with E-state index in [1.807, 2.05) is 32.0 Å². The van der Waals surface area contributed by atoms with E-state index in [4.69, 9.17) is 19.5 Å². The van der Waals surface area contributed by atoms with Gasteiger partial charge in [0.25, 0.3) is 5.91 Å². The number of pyridine rings is 1. The van der Waals surface area contributed by atoms with Gasteiger partial charge in [0.15, 0.2) is 18.1 Å². The lowest BCUT2D eigenvalue weighted by Crippen LogP contribution is -2.34. The number of hydrogen-bond acceptors (Lipinski definition) is 6. The minimum absolute atomic E-state index is 0.0465. The molecule has 0 saturated carbocycles. The molecule has 2 aliphatic heterocycles. The number of likely N-dealkylation sites (tertiary alicyclic amines) is 1. The Labute approximate surface area is 169 Å². The highest BCUT2D eigenvalue weighted by Crippen LogP contribution is 2.41. The van der Waals surface area contributed by atoms with Crippen molar-refractivity contribution in [2.75, 3.05) is 19.7 Å². The smallest absolute Gasteiger partial charge is 0.260 e. The lowest BCUT2D eigenvalue weighted by atomic mass is 10.0. The highest BCUT2D eigenvalue weighted by atomic mass is 16.5. The summed E-state index contributed by atoms with van der Waals surface area (Å²) in [5.74, 6) is 1.64. The molecule has 0 radical (unpaired) electrons. The van der Waals surface area contributed by atoms with Crippen molar-refractivity contribution in [2.24, 2.45) is 0 Å². The number of hydrogen-bond donors (Lipinski definition) is 0. The number of nitrogens with zero attached hydrogens (tertiary/aromatic N) is 3. The van der Waals surface area contributed by atoms with Crippen LogP contribution in [0.2, 0.25) is 0 Å². The minimum atomic E-state index is -0.262. The molecule has 4 rings (SSSR count). The van der Waals surface area contributed by atoms with Crippen LogP contribution in [0, 0.1) is 11.3 Å². The third kappa shape index (κ3) is 4.27. The van der Waals surface area contributed by atoms with Gasteiger partial charge in [-0.1, -0.05) is 12.1 Å². The summed E-state index contributed by atoms with van der Waals surface area (Å²) in [5, 5.41) is 8.97. The summed E-state index contributed by atoms with van der Waals surface area (Å²) in [5.41, 5.74) is 1.33. The summed E-state index contributed by atoms with van der Waals surface area (Å²) in [7, 11) is 0. The van der Waals surface area contributed by atoms with Crippen LogP contribution in [0.5, 0.6) is 17.4 Å². The van der Waals surface area contributed by atoms with E-state index < -0.39 is 0 Å². The van der Waals surface area contributed by atoms with Crippen LogP contribution in [0.4, 0.5) is 0 Å². The van der Waals surface area contributed by atoms with Crippen molar-refractivity contribution in [1.82, 2.24) is 9.88 Å². The second-order valence-electron chi connectivity index (χ2n) is 7.93. The van der Waals surface area contributed by atoms with E-state index in [9.17, 15) is 4.79 Å². The summed E-state index contributed by atoms with van der Waals surface area (Å²) in [6.07, 6.45) is 2.92. The first-order chi connectivity index (χ1) is 13.9. The highest BCUT2D eigenvalue weighted by Gasteiger charge is 2.33. The fourth-order valence-electron chi connectivity index (χ4n) is 3.70. The van der Waals surface area contributed by atoms with Gasteiger partial charge >= 0.3 is 0 Å². The second kappa shape index (κ2) is 7.63. The Morgan fingerprint density at radius 1 is 1.41 bits per heavy atom. The molecule has 1 aromatic heterocycles. The van der Waals surface area contributed by atoms with Crippen LogP contribution in [0.15, 0.2) is 36.5 Å². The molecule has 0 spiro atoms. The molecule has 2 aromatic rings. The fraction of sp³-hybridized carbons (Fsp3) is 0.409. The van der Waals surface area contributed by atoms with E-state index in [0.717, 1.165) is 17.7 Å². The van der Waals surface area contributed by atoms with Crippen molar-refractivity contribution in [3.8, 4) is 23.4 Å². The molecule has 3 heterocycles. The minimum Gasteiger partial charge on any atom is -0.483 e. The Hall–Kier alpha value is -3.27. The van der Waals surface area contributed by atoms with Gasteiger partial charge in [-0.05, 0) is 26.0 Å². The number of para-hydroxylation sites is 1. The Balaban J connectivity index is 1.32. The number of rotatable bonds is 5. The number of carbonyl (C=O) groups is 1. The van der Waals surface area contributed by atoms with Crippen LogP contribution in [0.3, 0.4) is 0 Å². The zero-order chi connectivity index (χ0) is 20.4. The molecule has 150 valence electrons. The van der Waals surface area contributed by atoms with Crippen molar-refractivity contribution in [2.45, 2.75) is 38.4 Å². The predicted molar refractivity (Wildman–Crippen MR) is 105 cm³/mol. The van der Waals surface area contributed by atoms with Gasteiger partial charge in [0.1, 0.15) is 11.7 Å². The zero-order valence-corrected chi connectivity index (χ0v) is 16.6. The standard InChI is InChI=1S/C22H23N3O4/c1-22(2)11-16-4-3-5-18(21(16)29-22)27-14-20(26)25-9-7-17(13-25)28-19-10-15(12-23)6-8-24-19/h3-6,8,10,17H,7,9,11,13-14H2,1-2H3. The van der Waals surface area contributed by atoms with Crippen molar-refractivity contribution >= 4 is 5.91 Å². The van der Waals surface area contributed by atoms with Crippen LogP contribution in [0.1, 0.15) is 31.4 Å². The molecule has 1 unspecified atom stereocenters. The van der Waals surface area contributed by atoms with Crippen LogP contribution >= 0.6 is 0 Å². The second-order valence-corrected chi connectivity index (χ2v) is 7.93. The van der Waals surface area contributed by atoms with E-state index in [1.54, 1.807) is 23.2 Å². The lowest BCUT2D eigenvalue weighted by Gasteiger charge is -2.19. The molecule has 2 aliphatic rings. The molecule has 7 nitrogen and oxygen atoms in total. The number of ether oxygens (including phenoxy) is 3. The summed E-state index contributed by atoms with van der Waals surface area (Å²) in [6, 6.07) is 11.1. The van der Waals surface area contributed by atoms with Gasteiger partial charge in [0.2, 0.25) is 5.88 Å². The molecular weight excluding hydrogens is 370 g/mol. The largest absolute Gasteiger partial charge is 0.483 e. The van der Waals surface area contributed by atoms with E-state index >= 15 is 0 Å². The molecule has 0 bridgehead atoms. The molecule has 7 heteroatoms.